The molecule has 0 atom stereocenters. The maximum absolute atomic E-state index is 2.44. The predicted octanol–water partition coefficient (Wildman–Crippen LogP) is 4.64. The quantitative estimate of drug-likeness (QED) is 0.579. The van der Waals surface area contributed by atoms with E-state index in [-0.39, 0.29) is 0 Å². The Morgan fingerprint density at radius 3 is 1.92 bits per heavy atom. The van der Waals surface area contributed by atoms with Crippen LogP contribution in [0.4, 0.5) is 0 Å². The van der Waals surface area contributed by atoms with Gasteiger partial charge in [-0.1, -0.05) is 47.5 Å². The maximum atomic E-state index is 2.44. The fourth-order valence-electron chi connectivity index (χ4n) is 1.67. The van der Waals surface area contributed by atoms with Crippen molar-refractivity contribution in [3.8, 4) is 0 Å². The molecule has 0 aromatic rings. The average Bonchev–Trinajstić information content (AvgIpc) is 2.01. The molecule has 0 nitrogen and oxygen atoms in total. The Balaban J connectivity index is 0.000000561. The second kappa shape index (κ2) is 5.61. The first kappa shape index (κ1) is 12.0. The van der Waals surface area contributed by atoms with Crippen molar-refractivity contribution in [3.05, 3.63) is 0 Å². The van der Waals surface area contributed by atoms with Crippen LogP contribution in [0.1, 0.15) is 66.7 Å². The summed E-state index contributed by atoms with van der Waals surface area (Å²) in [5.41, 5.74) is 0.754. The van der Waals surface area contributed by atoms with Crippen LogP contribution in [0, 0.1) is 11.3 Å². The number of hydrogen-bond donors (Lipinski definition) is 0. The largest absolute Gasteiger partial charge is 0.0683 e. The summed E-state index contributed by atoms with van der Waals surface area (Å²) >= 11 is 0. The fraction of sp³-hybridized carbons (Fsp3) is 1.00. The summed E-state index contributed by atoms with van der Waals surface area (Å²) in [6, 6.07) is 0. The molecule has 0 radical (unpaired) electrons. The van der Waals surface area contributed by atoms with E-state index in [0.29, 0.717) is 0 Å². The summed E-state index contributed by atoms with van der Waals surface area (Å²) in [4.78, 5) is 0. The minimum atomic E-state index is 0.754. The van der Waals surface area contributed by atoms with Gasteiger partial charge in [0.05, 0.1) is 0 Å². The molecule has 0 aromatic carbocycles. The van der Waals surface area contributed by atoms with Gasteiger partial charge in [-0.15, -0.1) is 0 Å². The van der Waals surface area contributed by atoms with Gasteiger partial charge in [0.1, 0.15) is 0 Å². The maximum Gasteiger partial charge on any atom is -0.0326 e. The van der Waals surface area contributed by atoms with E-state index in [1.165, 1.54) is 32.1 Å². The van der Waals surface area contributed by atoms with Gasteiger partial charge in [0.2, 0.25) is 0 Å². The van der Waals surface area contributed by atoms with Crippen molar-refractivity contribution >= 4 is 0 Å². The van der Waals surface area contributed by atoms with E-state index in [1.54, 1.807) is 0 Å². The van der Waals surface area contributed by atoms with Crippen molar-refractivity contribution in [1.29, 1.82) is 0 Å². The summed E-state index contributed by atoms with van der Waals surface area (Å²) in [6.07, 6.45) is 7.34. The molecule has 0 aromatic heterocycles. The lowest BCUT2D eigenvalue weighted by Crippen LogP contribution is -2.25. The van der Waals surface area contributed by atoms with E-state index >= 15 is 0 Å². The summed E-state index contributed by atoms with van der Waals surface area (Å²) in [7, 11) is 0. The molecule has 0 N–H and O–H groups in total. The van der Waals surface area contributed by atoms with Gasteiger partial charge in [0.15, 0.2) is 0 Å². The van der Waals surface area contributed by atoms with E-state index in [2.05, 4.69) is 20.8 Å². The number of rotatable bonds is 3. The molecular weight excluding hydrogens is 144 g/mol. The predicted molar refractivity (Wildman–Crippen MR) is 57.4 cm³/mol. The highest BCUT2D eigenvalue weighted by atomic mass is 14.4. The van der Waals surface area contributed by atoms with E-state index in [4.69, 9.17) is 0 Å². The highest BCUT2D eigenvalue weighted by molar-refractivity contribution is 4.83. The van der Waals surface area contributed by atoms with Gasteiger partial charge in [0.25, 0.3) is 0 Å². The lowest BCUT2D eigenvalue weighted by molar-refractivity contribution is 0.136. The first-order valence-corrected chi connectivity index (χ1v) is 5.62. The van der Waals surface area contributed by atoms with Crippen LogP contribution in [0.25, 0.3) is 0 Å². The van der Waals surface area contributed by atoms with Crippen LogP contribution in [0.15, 0.2) is 0 Å². The molecule has 1 fully saturated rings. The second-order valence-corrected chi connectivity index (χ2v) is 4.60. The molecule has 0 heterocycles. The van der Waals surface area contributed by atoms with E-state index < -0.39 is 0 Å². The van der Waals surface area contributed by atoms with E-state index in [0.717, 1.165) is 11.3 Å². The SMILES string of the molecule is CC.CC(C)CCC1(C)CCC1. The molecule has 0 spiro atoms. The van der Waals surface area contributed by atoms with Crippen molar-refractivity contribution in [2.45, 2.75) is 66.7 Å². The molecule has 12 heavy (non-hydrogen) atoms. The Labute approximate surface area is 78.8 Å². The van der Waals surface area contributed by atoms with Crippen molar-refractivity contribution in [1.82, 2.24) is 0 Å². The second-order valence-electron chi connectivity index (χ2n) is 4.60. The molecule has 0 aliphatic heterocycles. The molecular formula is C12H26. The lowest BCUT2D eigenvalue weighted by Gasteiger charge is -2.39. The molecule has 1 aliphatic carbocycles. The minimum absolute atomic E-state index is 0.754. The summed E-state index contributed by atoms with van der Waals surface area (Å²) in [5, 5.41) is 0. The normalized spacial score (nSPS) is 19.5. The van der Waals surface area contributed by atoms with Crippen LogP contribution < -0.4 is 0 Å². The first-order chi connectivity index (χ1) is 5.62. The Bertz CT molecular complexity index is 98.6. The van der Waals surface area contributed by atoms with Crippen LogP contribution >= 0.6 is 0 Å². The van der Waals surface area contributed by atoms with Crippen molar-refractivity contribution < 1.29 is 0 Å². The Hall–Kier alpha value is 0. The van der Waals surface area contributed by atoms with Crippen LogP contribution in [-0.4, -0.2) is 0 Å². The van der Waals surface area contributed by atoms with Crippen molar-refractivity contribution in [2.24, 2.45) is 11.3 Å². The van der Waals surface area contributed by atoms with Gasteiger partial charge >= 0.3 is 0 Å². The minimum Gasteiger partial charge on any atom is -0.0683 e. The summed E-state index contributed by atoms with van der Waals surface area (Å²) < 4.78 is 0. The topological polar surface area (TPSA) is 0 Å². The van der Waals surface area contributed by atoms with Crippen LogP contribution in [0.5, 0.6) is 0 Å². The van der Waals surface area contributed by atoms with Crippen LogP contribution in [0.2, 0.25) is 0 Å². The van der Waals surface area contributed by atoms with Gasteiger partial charge < -0.3 is 0 Å². The van der Waals surface area contributed by atoms with Gasteiger partial charge in [-0.25, -0.2) is 0 Å². The molecule has 1 saturated carbocycles. The lowest BCUT2D eigenvalue weighted by atomic mass is 9.67. The zero-order valence-electron chi connectivity index (χ0n) is 9.61. The molecule has 1 aliphatic rings. The smallest absolute Gasteiger partial charge is 0.0326 e. The molecule has 0 amide bonds. The van der Waals surface area contributed by atoms with Crippen molar-refractivity contribution in [2.75, 3.05) is 0 Å². The third-order valence-electron chi connectivity index (χ3n) is 2.89. The van der Waals surface area contributed by atoms with Crippen LogP contribution in [-0.2, 0) is 0 Å². The monoisotopic (exact) mass is 170 g/mol. The third kappa shape index (κ3) is 4.13. The van der Waals surface area contributed by atoms with Crippen molar-refractivity contribution in [3.63, 3.8) is 0 Å². The Kier molecular flexibility index (Phi) is 5.61. The zero-order chi connectivity index (χ0) is 9.61. The molecule has 0 heteroatoms. The number of hydrogen-bond acceptors (Lipinski definition) is 0. The fourth-order valence-corrected chi connectivity index (χ4v) is 1.67. The highest BCUT2D eigenvalue weighted by Gasteiger charge is 2.30. The highest BCUT2D eigenvalue weighted by Crippen LogP contribution is 2.44. The van der Waals surface area contributed by atoms with E-state index in [1.807, 2.05) is 13.8 Å². The molecule has 0 bridgehead atoms. The molecule has 0 saturated heterocycles. The molecule has 74 valence electrons. The standard InChI is InChI=1S/C10H20.C2H6/c1-9(2)5-8-10(3)6-4-7-10;1-2/h9H,4-8H2,1-3H3;1-2H3. The summed E-state index contributed by atoms with van der Waals surface area (Å²) in [5.74, 6) is 0.900. The van der Waals surface area contributed by atoms with Gasteiger partial charge in [0, 0.05) is 0 Å². The zero-order valence-corrected chi connectivity index (χ0v) is 9.61. The molecule has 0 unspecified atom stereocenters. The van der Waals surface area contributed by atoms with Gasteiger partial charge in [-0.2, -0.15) is 0 Å². The molecule has 1 rings (SSSR count). The average molecular weight is 170 g/mol. The summed E-state index contributed by atoms with van der Waals surface area (Å²) in [6.45, 7) is 11.1. The van der Waals surface area contributed by atoms with Gasteiger partial charge in [-0.3, -0.25) is 0 Å². The van der Waals surface area contributed by atoms with E-state index in [9.17, 15) is 0 Å². The van der Waals surface area contributed by atoms with Crippen LogP contribution in [0.3, 0.4) is 0 Å². The first-order valence-electron chi connectivity index (χ1n) is 5.62. The third-order valence-corrected chi connectivity index (χ3v) is 2.89. The van der Waals surface area contributed by atoms with Gasteiger partial charge in [-0.05, 0) is 30.6 Å². The Morgan fingerprint density at radius 2 is 1.67 bits per heavy atom. The Morgan fingerprint density at radius 1 is 1.17 bits per heavy atom.